The number of hydrogen-bond donors (Lipinski definition) is 1. The summed E-state index contributed by atoms with van der Waals surface area (Å²) in [6, 6.07) is 23.6. The molecule has 0 atom stereocenters. The van der Waals surface area contributed by atoms with Gasteiger partial charge in [0.25, 0.3) is 0 Å². The number of hydrogen-bond acceptors (Lipinski definition) is 3. The number of carbonyl (C=O) groups is 1. The molecule has 0 saturated heterocycles. The van der Waals surface area contributed by atoms with E-state index >= 15 is 0 Å². The maximum atomic E-state index is 12.1. The molecule has 3 aromatic rings. The summed E-state index contributed by atoms with van der Waals surface area (Å²) < 4.78 is 5.37. The number of nitrogens with zero attached hydrogens (tertiary/aromatic N) is 1. The van der Waals surface area contributed by atoms with Crippen LogP contribution in [0.15, 0.2) is 84.9 Å². The molecule has 1 heterocycles. The highest BCUT2D eigenvalue weighted by molar-refractivity contribution is 6.30. The van der Waals surface area contributed by atoms with Crippen LogP contribution in [0, 0.1) is 0 Å². The second-order valence-corrected chi connectivity index (χ2v) is 8.02. The van der Waals surface area contributed by atoms with Gasteiger partial charge in [0.2, 0.25) is 0 Å². The highest BCUT2D eigenvalue weighted by atomic mass is 35.5. The molecule has 0 unspecified atom stereocenters. The van der Waals surface area contributed by atoms with E-state index in [0.717, 1.165) is 37.2 Å². The molecule has 1 amide bonds. The fraction of sp³-hybridized carbons (Fsp3) is 0.192. The van der Waals surface area contributed by atoms with Crippen LogP contribution in [0.2, 0.25) is 5.02 Å². The number of benzene rings is 3. The standard InChI is InChI=1S/C26H25ClN2O2/c27-24-11-7-22(8-12-24)23-9-13-25(14-10-23)31-26(30)28-16-15-20-3-5-21(6-4-20)19-29-17-1-2-18-29/h1-14H,15-19H2,(H,28,30). The van der Waals surface area contributed by atoms with Gasteiger partial charge in [0, 0.05) is 31.2 Å². The van der Waals surface area contributed by atoms with E-state index in [-0.39, 0.29) is 0 Å². The van der Waals surface area contributed by atoms with Crippen molar-refractivity contribution >= 4 is 17.7 Å². The molecule has 0 aliphatic carbocycles. The Balaban J connectivity index is 1.20. The molecule has 0 bridgehead atoms. The number of amides is 1. The monoisotopic (exact) mass is 432 g/mol. The molecule has 1 aliphatic rings. The predicted molar refractivity (Wildman–Crippen MR) is 125 cm³/mol. The Morgan fingerprint density at radius 2 is 1.42 bits per heavy atom. The Labute approximate surface area is 188 Å². The van der Waals surface area contributed by atoms with Crippen LogP contribution in [0.5, 0.6) is 5.75 Å². The van der Waals surface area contributed by atoms with Gasteiger partial charge >= 0.3 is 6.09 Å². The minimum Gasteiger partial charge on any atom is -0.410 e. The highest BCUT2D eigenvalue weighted by Gasteiger charge is 2.08. The van der Waals surface area contributed by atoms with Crippen molar-refractivity contribution in [2.24, 2.45) is 0 Å². The third kappa shape index (κ3) is 6.20. The number of carbonyl (C=O) groups excluding carboxylic acids is 1. The maximum Gasteiger partial charge on any atom is 0.412 e. The summed E-state index contributed by atoms with van der Waals surface area (Å²) in [6.45, 7) is 3.54. The number of rotatable bonds is 7. The fourth-order valence-electron chi connectivity index (χ4n) is 3.53. The van der Waals surface area contributed by atoms with Crippen LogP contribution in [-0.2, 0) is 13.0 Å². The Kier molecular flexibility index (Phi) is 7.03. The Morgan fingerprint density at radius 1 is 0.839 bits per heavy atom. The third-order valence-electron chi connectivity index (χ3n) is 5.25. The highest BCUT2D eigenvalue weighted by Crippen LogP contribution is 2.24. The second-order valence-electron chi connectivity index (χ2n) is 7.58. The molecule has 4 rings (SSSR count). The van der Waals surface area contributed by atoms with Crippen molar-refractivity contribution in [3.05, 3.63) is 101 Å². The zero-order valence-corrected chi connectivity index (χ0v) is 18.0. The normalized spacial score (nSPS) is 13.3. The smallest absolute Gasteiger partial charge is 0.410 e. The average Bonchev–Trinajstić information content (AvgIpc) is 3.29. The molecule has 0 saturated carbocycles. The molecule has 158 valence electrons. The first-order chi connectivity index (χ1) is 15.2. The molecule has 0 spiro atoms. The van der Waals surface area contributed by atoms with Gasteiger partial charge in [0.15, 0.2) is 0 Å². The lowest BCUT2D eigenvalue weighted by atomic mass is 10.1. The zero-order chi connectivity index (χ0) is 21.5. The summed E-state index contributed by atoms with van der Waals surface area (Å²) in [7, 11) is 0. The average molecular weight is 433 g/mol. The minimum atomic E-state index is -0.447. The molecule has 1 aliphatic heterocycles. The van der Waals surface area contributed by atoms with Gasteiger partial charge in [-0.15, -0.1) is 0 Å². The second kappa shape index (κ2) is 10.3. The number of ether oxygens (including phenoxy) is 1. The van der Waals surface area contributed by atoms with E-state index in [9.17, 15) is 4.79 Å². The minimum absolute atomic E-state index is 0.447. The number of halogens is 1. The van der Waals surface area contributed by atoms with Crippen LogP contribution in [0.4, 0.5) is 4.79 Å². The van der Waals surface area contributed by atoms with Gasteiger partial charge in [-0.3, -0.25) is 4.90 Å². The first-order valence-electron chi connectivity index (χ1n) is 10.4. The van der Waals surface area contributed by atoms with Crippen LogP contribution >= 0.6 is 11.6 Å². The maximum absolute atomic E-state index is 12.1. The summed E-state index contributed by atoms with van der Waals surface area (Å²) in [5.74, 6) is 0.510. The van der Waals surface area contributed by atoms with Crippen molar-refractivity contribution in [1.29, 1.82) is 0 Å². The van der Waals surface area contributed by atoms with Crippen LogP contribution in [-0.4, -0.2) is 30.6 Å². The van der Waals surface area contributed by atoms with Crippen molar-refractivity contribution in [2.45, 2.75) is 13.0 Å². The molecular formula is C26H25ClN2O2. The Bertz CT molecular complexity index is 1020. The molecule has 5 heteroatoms. The van der Waals surface area contributed by atoms with Gasteiger partial charge in [-0.05, 0) is 52.9 Å². The summed E-state index contributed by atoms with van der Waals surface area (Å²) in [5.41, 5.74) is 4.59. The predicted octanol–water partition coefficient (Wildman–Crippen LogP) is 5.71. The van der Waals surface area contributed by atoms with E-state index in [1.54, 1.807) is 12.1 Å². The number of nitrogens with one attached hydrogen (secondary N) is 1. The molecule has 0 aromatic heterocycles. The lowest BCUT2D eigenvalue weighted by Gasteiger charge is -2.14. The lowest BCUT2D eigenvalue weighted by Crippen LogP contribution is -2.28. The fourth-order valence-corrected chi connectivity index (χ4v) is 3.66. The van der Waals surface area contributed by atoms with Gasteiger partial charge in [-0.25, -0.2) is 4.79 Å². The van der Waals surface area contributed by atoms with Gasteiger partial charge in [0.1, 0.15) is 5.75 Å². The molecule has 4 nitrogen and oxygen atoms in total. The van der Waals surface area contributed by atoms with E-state index in [1.165, 1.54) is 11.1 Å². The largest absolute Gasteiger partial charge is 0.412 e. The van der Waals surface area contributed by atoms with Crippen LogP contribution in [0.1, 0.15) is 11.1 Å². The van der Waals surface area contributed by atoms with Crippen LogP contribution in [0.25, 0.3) is 11.1 Å². The summed E-state index contributed by atoms with van der Waals surface area (Å²) in [6.07, 6.45) is 4.72. The van der Waals surface area contributed by atoms with Crippen molar-refractivity contribution < 1.29 is 9.53 Å². The zero-order valence-electron chi connectivity index (χ0n) is 17.3. The summed E-state index contributed by atoms with van der Waals surface area (Å²) in [5, 5.41) is 3.52. The molecule has 0 radical (unpaired) electrons. The van der Waals surface area contributed by atoms with E-state index in [4.69, 9.17) is 16.3 Å². The SMILES string of the molecule is O=C(NCCc1ccc(CN2CC=CC2)cc1)Oc1ccc(-c2ccc(Cl)cc2)cc1. The van der Waals surface area contributed by atoms with Crippen LogP contribution in [0.3, 0.4) is 0 Å². The summed E-state index contributed by atoms with van der Waals surface area (Å²) >= 11 is 5.93. The van der Waals surface area contributed by atoms with E-state index < -0.39 is 6.09 Å². The van der Waals surface area contributed by atoms with Gasteiger partial charge in [-0.1, -0.05) is 72.3 Å². The molecular weight excluding hydrogens is 408 g/mol. The Morgan fingerprint density at radius 3 is 2.06 bits per heavy atom. The van der Waals surface area contributed by atoms with Crippen molar-refractivity contribution in [3.63, 3.8) is 0 Å². The van der Waals surface area contributed by atoms with Crippen LogP contribution < -0.4 is 10.1 Å². The van der Waals surface area contributed by atoms with E-state index in [2.05, 4.69) is 46.6 Å². The van der Waals surface area contributed by atoms with E-state index in [1.807, 2.05) is 36.4 Å². The van der Waals surface area contributed by atoms with Crippen molar-refractivity contribution in [1.82, 2.24) is 10.2 Å². The third-order valence-corrected chi connectivity index (χ3v) is 5.50. The molecule has 1 N–H and O–H groups in total. The lowest BCUT2D eigenvalue weighted by molar-refractivity contribution is 0.200. The molecule has 3 aromatic carbocycles. The van der Waals surface area contributed by atoms with E-state index in [0.29, 0.717) is 17.3 Å². The van der Waals surface area contributed by atoms with Gasteiger partial charge < -0.3 is 10.1 Å². The van der Waals surface area contributed by atoms with Crippen molar-refractivity contribution in [3.8, 4) is 16.9 Å². The first kappa shape index (κ1) is 21.2. The quantitative estimate of drug-likeness (QED) is 0.486. The molecule has 0 fully saturated rings. The van der Waals surface area contributed by atoms with Gasteiger partial charge in [0.05, 0.1) is 0 Å². The van der Waals surface area contributed by atoms with Gasteiger partial charge in [-0.2, -0.15) is 0 Å². The summed E-state index contributed by atoms with van der Waals surface area (Å²) in [4.78, 5) is 14.5. The topological polar surface area (TPSA) is 41.6 Å². The first-order valence-corrected chi connectivity index (χ1v) is 10.8. The van der Waals surface area contributed by atoms with Crippen molar-refractivity contribution in [2.75, 3.05) is 19.6 Å². The molecule has 31 heavy (non-hydrogen) atoms. The Hall–Kier alpha value is -3.08.